The summed E-state index contributed by atoms with van der Waals surface area (Å²) in [5, 5.41) is 3.04. The second kappa shape index (κ2) is 11.1. The Hall–Kier alpha value is -2.81. The van der Waals surface area contributed by atoms with Crippen molar-refractivity contribution in [3.8, 4) is 0 Å². The average Bonchev–Trinajstić information content (AvgIpc) is 2.85. The molecule has 2 aliphatic rings. The first-order valence-electron chi connectivity index (χ1n) is 12.0. The Morgan fingerprint density at radius 2 is 1.68 bits per heavy atom. The first-order chi connectivity index (χ1) is 16.4. The van der Waals surface area contributed by atoms with Crippen LogP contribution in [0.5, 0.6) is 0 Å². The van der Waals surface area contributed by atoms with Crippen LogP contribution in [0.15, 0.2) is 48.7 Å². The number of benzene rings is 1. The van der Waals surface area contributed by atoms with Gasteiger partial charge >= 0.3 is 12.2 Å². The van der Waals surface area contributed by atoms with Gasteiger partial charge in [0.15, 0.2) is 0 Å². The van der Waals surface area contributed by atoms with Crippen LogP contribution in [-0.2, 0) is 12.7 Å². The molecule has 0 radical (unpaired) electrons. The molecule has 0 spiro atoms. The number of amides is 2. The summed E-state index contributed by atoms with van der Waals surface area (Å²) < 4.78 is 38.1. The summed E-state index contributed by atoms with van der Waals surface area (Å²) in [5.41, 5.74) is 0.596. The highest BCUT2D eigenvalue weighted by molar-refractivity contribution is 5.74. The SMILES string of the molecule is O=C(NCCC1CCN(Cc2ccccc2)CC1)N1CCN(c2ccc(C(F)(F)F)cn2)CC1. The lowest BCUT2D eigenvalue weighted by Crippen LogP contribution is -2.52. The zero-order chi connectivity index (χ0) is 24.0. The van der Waals surface area contributed by atoms with E-state index in [1.807, 2.05) is 11.0 Å². The van der Waals surface area contributed by atoms with Gasteiger partial charge in [-0.25, -0.2) is 9.78 Å². The molecule has 0 saturated carbocycles. The van der Waals surface area contributed by atoms with Crippen LogP contribution >= 0.6 is 0 Å². The second-order valence-electron chi connectivity index (χ2n) is 9.10. The van der Waals surface area contributed by atoms with Crippen molar-refractivity contribution < 1.29 is 18.0 Å². The van der Waals surface area contributed by atoms with Crippen LogP contribution in [0.1, 0.15) is 30.4 Å². The van der Waals surface area contributed by atoms with Gasteiger partial charge in [0.05, 0.1) is 5.56 Å². The van der Waals surface area contributed by atoms with E-state index < -0.39 is 11.7 Å². The first kappa shape index (κ1) is 24.3. The number of rotatable bonds is 6. The predicted octanol–water partition coefficient (Wildman–Crippen LogP) is 4.23. The van der Waals surface area contributed by atoms with E-state index in [4.69, 9.17) is 0 Å². The monoisotopic (exact) mass is 475 g/mol. The van der Waals surface area contributed by atoms with E-state index in [2.05, 4.69) is 39.5 Å². The molecule has 2 amide bonds. The second-order valence-corrected chi connectivity index (χ2v) is 9.10. The normalized spacial score (nSPS) is 18.2. The molecular formula is C25H32F3N5O. The minimum absolute atomic E-state index is 0.0680. The van der Waals surface area contributed by atoms with Crippen molar-refractivity contribution in [1.29, 1.82) is 0 Å². The van der Waals surface area contributed by atoms with Gasteiger partial charge < -0.3 is 15.1 Å². The van der Waals surface area contributed by atoms with Gasteiger partial charge in [-0.3, -0.25) is 4.90 Å². The number of anilines is 1. The fourth-order valence-electron chi connectivity index (χ4n) is 4.65. The summed E-state index contributed by atoms with van der Waals surface area (Å²) >= 11 is 0. The highest BCUT2D eigenvalue weighted by Gasteiger charge is 2.31. The number of carbonyl (C=O) groups is 1. The maximum Gasteiger partial charge on any atom is 0.417 e. The van der Waals surface area contributed by atoms with Crippen LogP contribution in [0.4, 0.5) is 23.8 Å². The molecule has 0 aliphatic carbocycles. The number of piperidine rings is 1. The number of halogens is 3. The summed E-state index contributed by atoms with van der Waals surface area (Å²) in [6.45, 7) is 5.98. The van der Waals surface area contributed by atoms with Crippen LogP contribution in [0, 0.1) is 5.92 Å². The molecule has 2 aromatic rings. The zero-order valence-electron chi connectivity index (χ0n) is 19.3. The zero-order valence-corrected chi connectivity index (χ0v) is 19.3. The van der Waals surface area contributed by atoms with Crippen molar-refractivity contribution in [2.75, 3.05) is 50.7 Å². The Morgan fingerprint density at radius 1 is 0.971 bits per heavy atom. The molecule has 1 aromatic heterocycles. The number of piperazine rings is 1. The van der Waals surface area contributed by atoms with Gasteiger partial charge in [0.2, 0.25) is 0 Å². The molecule has 0 unspecified atom stereocenters. The molecule has 4 rings (SSSR count). The van der Waals surface area contributed by atoms with E-state index in [1.165, 1.54) is 11.6 Å². The molecule has 2 aliphatic heterocycles. The molecule has 2 fully saturated rings. The maximum atomic E-state index is 12.7. The number of nitrogens with one attached hydrogen (secondary N) is 1. The van der Waals surface area contributed by atoms with Gasteiger partial charge in [-0.15, -0.1) is 0 Å². The van der Waals surface area contributed by atoms with Gasteiger partial charge in [-0.05, 0) is 56.0 Å². The highest BCUT2D eigenvalue weighted by Crippen LogP contribution is 2.29. The van der Waals surface area contributed by atoms with Gasteiger partial charge in [0, 0.05) is 45.5 Å². The molecule has 2 saturated heterocycles. The van der Waals surface area contributed by atoms with E-state index in [0.717, 1.165) is 51.2 Å². The molecule has 3 heterocycles. The van der Waals surface area contributed by atoms with Crippen molar-refractivity contribution in [3.05, 3.63) is 59.8 Å². The molecule has 34 heavy (non-hydrogen) atoms. The molecule has 0 bridgehead atoms. The molecule has 1 aromatic carbocycles. The van der Waals surface area contributed by atoms with E-state index in [9.17, 15) is 18.0 Å². The van der Waals surface area contributed by atoms with E-state index in [0.29, 0.717) is 44.5 Å². The summed E-state index contributed by atoms with van der Waals surface area (Å²) in [6.07, 6.45) is -0.231. The average molecular weight is 476 g/mol. The number of nitrogens with zero attached hydrogens (tertiary/aromatic N) is 4. The molecule has 6 nitrogen and oxygen atoms in total. The summed E-state index contributed by atoms with van der Waals surface area (Å²) in [6, 6.07) is 12.9. The maximum absolute atomic E-state index is 12.7. The van der Waals surface area contributed by atoms with Gasteiger partial charge in [0.25, 0.3) is 0 Å². The number of pyridine rings is 1. The summed E-state index contributed by atoms with van der Waals surface area (Å²) in [4.78, 5) is 22.7. The lowest BCUT2D eigenvalue weighted by atomic mass is 9.93. The fourth-order valence-corrected chi connectivity index (χ4v) is 4.65. The van der Waals surface area contributed by atoms with Crippen molar-refractivity contribution in [3.63, 3.8) is 0 Å². The van der Waals surface area contributed by atoms with Crippen molar-refractivity contribution in [2.24, 2.45) is 5.92 Å². The minimum Gasteiger partial charge on any atom is -0.353 e. The Balaban J connectivity index is 1.12. The topological polar surface area (TPSA) is 51.7 Å². The molecule has 9 heteroatoms. The predicted molar refractivity (Wildman–Crippen MR) is 125 cm³/mol. The third-order valence-corrected chi connectivity index (χ3v) is 6.75. The Bertz CT molecular complexity index is 906. The van der Waals surface area contributed by atoms with Crippen LogP contribution in [0.25, 0.3) is 0 Å². The fraction of sp³-hybridized carbons (Fsp3) is 0.520. The molecule has 0 atom stereocenters. The first-order valence-corrected chi connectivity index (χ1v) is 12.0. The molecule has 1 N–H and O–H groups in total. The highest BCUT2D eigenvalue weighted by atomic mass is 19.4. The standard InChI is InChI=1S/C25H32F3N5O/c26-25(27,28)22-6-7-23(30-18-22)32-14-16-33(17-15-32)24(34)29-11-8-20-9-12-31(13-10-20)19-21-4-2-1-3-5-21/h1-7,18,20H,8-17,19H2,(H,29,34). The molecule has 184 valence electrons. The van der Waals surface area contributed by atoms with Crippen LogP contribution < -0.4 is 10.2 Å². The quantitative estimate of drug-likeness (QED) is 0.679. The van der Waals surface area contributed by atoms with E-state index in [1.54, 1.807) is 4.90 Å². The number of alkyl halides is 3. The van der Waals surface area contributed by atoms with Crippen molar-refractivity contribution in [2.45, 2.75) is 32.0 Å². The van der Waals surface area contributed by atoms with E-state index in [-0.39, 0.29) is 6.03 Å². The third kappa shape index (κ3) is 6.62. The van der Waals surface area contributed by atoms with Gasteiger partial charge in [-0.1, -0.05) is 30.3 Å². The number of likely N-dealkylation sites (tertiary alicyclic amines) is 1. The number of aromatic nitrogens is 1. The number of hydrogen-bond acceptors (Lipinski definition) is 4. The smallest absolute Gasteiger partial charge is 0.353 e. The Morgan fingerprint density at radius 3 is 2.29 bits per heavy atom. The Labute approximate surface area is 198 Å². The van der Waals surface area contributed by atoms with Crippen molar-refractivity contribution in [1.82, 2.24) is 20.1 Å². The Kier molecular flexibility index (Phi) is 7.92. The number of urea groups is 1. The minimum atomic E-state index is -4.39. The summed E-state index contributed by atoms with van der Waals surface area (Å²) in [7, 11) is 0. The largest absolute Gasteiger partial charge is 0.417 e. The summed E-state index contributed by atoms with van der Waals surface area (Å²) in [5.74, 6) is 1.14. The van der Waals surface area contributed by atoms with Crippen LogP contribution in [-0.4, -0.2) is 66.6 Å². The van der Waals surface area contributed by atoms with Gasteiger partial charge in [0.1, 0.15) is 5.82 Å². The van der Waals surface area contributed by atoms with E-state index >= 15 is 0 Å². The third-order valence-electron chi connectivity index (χ3n) is 6.75. The van der Waals surface area contributed by atoms with Crippen LogP contribution in [0.3, 0.4) is 0 Å². The molecular weight excluding hydrogens is 443 g/mol. The number of hydrogen-bond donors (Lipinski definition) is 1. The van der Waals surface area contributed by atoms with Gasteiger partial charge in [-0.2, -0.15) is 13.2 Å². The lowest BCUT2D eigenvalue weighted by Gasteiger charge is -2.35. The number of carbonyl (C=O) groups excluding carboxylic acids is 1. The van der Waals surface area contributed by atoms with Crippen LogP contribution in [0.2, 0.25) is 0 Å². The van der Waals surface area contributed by atoms with Crippen molar-refractivity contribution >= 4 is 11.8 Å². The lowest BCUT2D eigenvalue weighted by molar-refractivity contribution is -0.137.